The van der Waals surface area contributed by atoms with Gasteiger partial charge in [-0.2, -0.15) is 0 Å². The quantitative estimate of drug-likeness (QED) is 0.710. The minimum absolute atomic E-state index is 0.141. The summed E-state index contributed by atoms with van der Waals surface area (Å²) in [5, 5.41) is 14.0. The topological polar surface area (TPSA) is 78.4 Å². The van der Waals surface area contributed by atoms with Gasteiger partial charge in [-0.15, -0.1) is 0 Å². The maximum absolute atomic E-state index is 11.8. The molecule has 0 unspecified atom stereocenters. The summed E-state index contributed by atoms with van der Waals surface area (Å²) in [7, 11) is 1.54. The van der Waals surface area contributed by atoms with Crippen LogP contribution in [-0.2, 0) is 4.79 Å². The van der Waals surface area contributed by atoms with Gasteiger partial charge in [0.05, 0.1) is 5.02 Å². The third-order valence-electron chi connectivity index (χ3n) is 2.45. The van der Waals surface area contributed by atoms with Gasteiger partial charge in [-0.05, 0) is 18.2 Å². The molecule has 0 saturated carbocycles. The number of hydrogen-bond donors (Lipinski definition) is 3. The maximum Gasteiger partial charge on any atom is 0.251 e. The minimum Gasteiger partial charge on any atom is -0.384 e. The van der Waals surface area contributed by atoms with E-state index in [9.17, 15) is 9.59 Å². The molecule has 2 amide bonds. The van der Waals surface area contributed by atoms with E-state index in [1.54, 1.807) is 12.1 Å². The van der Waals surface area contributed by atoms with Crippen LogP contribution in [-0.4, -0.2) is 37.1 Å². The molecule has 0 spiro atoms. The van der Waals surface area contributed by atoms with Crippen LogP contribution in [0.4, 0.5) is 0 Å². The van der Waals surface area contributed by atoms with Gasteiger partial charge >= 0.3 is 0 Å². The second-order valence-corrected chi connectivity index (χ2v) is 4.24. The average Bonchev–Trinajstić information content (AvgIpc) is 2.45. The Kier molecular flexibility index (Phi) is 6.57. The monoisotopic (exact) mass is 294 g/mol. The van der Waals surface area contributed by atoms with Crippen LogP contribution in [0.15, 0.2) is 18.2 Å². The summed E-state index contributed by atoms with van der Waals surface area (Å²) >= 11 is 5.99. The fourth-order valence-corrected chi connectivity index (χ4v) is 1.64. The number of carbonyl (C=O) groups is 2. The van der Waals surface area contributed by atoms with Gasteiger partial charge in [0.2, 0.25) is 5.91 Å². The number of rotatable bonds is 4. The first kappa shape index (κ1) is 16.0. The first-order valence-electron chi connectivity index (χ1n) is 5.96. The van der Waals surface area contributed by atoms with E-state index >= 15 is 0 Å². The average molecular weight is 295 g/mol. The van der Waals surface area contributed by atoms with Gasteiger partial charge in [-0.3, -0.25) is 9.59 Å². The van der Waals surface area contributed by atoms with E-state index in [-0.39, 0.29) is 31.4 Å². The Morgan fingerprint density at radius 3 is 2.75 bits per heavy atom. The van der Waals surface area contributed by atoms with Gasteiger partial charge in [-0.1, -0.05) is 23.4 Å². The van der Waals surface area contributed by atoms with Crippen molar-refractivity contribution < 1.29 is 14.7 Å². The van der Waals surface area contributed by atoms with E-state index in [0.717, 1.165) is 0 Å². The Morgan fingerprint density at radius 1 is 1.40 bits per heavy atom. The molecule has 5 nitrogen and oxygen atoms in total. The van der Waals surface area contributed by atoms with Gasteiger partial charge in [0.25, 0.3) is 5.91 Å². The lowest BCUT2D eigenvalue weighted by Crippen LogP contribution is -2.29. The molecule has 1 aromatic carbocycles. The van der Waals surface area contributed by atoms with E-state index in [2.05, 4.69) is 22.5 Å². The van der Waals surface area contributed by atoms with Crippen LogP contribution in [0.5, 0.6) is 0 Å². The molecule has 0 fully saturated rings. The van der Waals surface area contributed by atoms with Crippen molar-refractivity contribution >= 4 is 23.4 Å². The molecule has 0 aliphatic carbocycles. The molecule has 0 saturated heterocycles. The second kappa shape index (κ2) is 8.20. The van der Waals surface area contributed by atoms with Crippen LogP contribution < -0.4 is 10.6 Å². The summed E-state index contributed by atoms with van der Waals surface area (Å²) in [6.45, 7) is 0.000252. The Balaban J connectivity index is 2.65. The molecule has 0 atom stereocenters. The number of hydrogen-bond acceptors (Lipinski definition) is 3. The van der Waals surface area contributed by atoms with Crippen molar-refractivity contribution in [3.63, 3.8) is 0 Å². The largest absolute Gasteiger partial charge is 0.384 e. The van der Waals surface area contributed by atoms with Crippen LogP contribution in [0.3, 0.4) is 0 Å². The summed E-state index contributed by atoms with van der Waals surface area (Å²) in [6.07, 6.45) is 0.218. The third-order valence-corrected chi connectivity index (χ3v) is 2.76. The molecule has 3 N–H and O–H groups in total. The Morgan fingerprint density at radius 2 is 2.15 bits per heavy atom. The fourth-order valence-electron chi connectivity index (χ4n) is 1.41. The van der Waals surface area contributed by atoms with Crippen molar-refractivity contribution in [1.29, 1.82) is 0 Å². The predicted octanol–water partition coefficient (Wildman–Crippen LogP) is 0.550. The van der Waals surface area contributed by atoms with Gasteiger partial charge < -0.3 is 15.7 Å². The van der Waals surface area contributed by atoms with Crippen LogP contribution >= 0.6 is 11.6 Å². The number of benzene rings is 1. The van der Waals surface area contributed by atoms with E-state index in [1.165, 1.54) is 13.1 Å². The van der Waals surface area contributed by atoms with E-state index in [4.69, 9.17) is 16.7 Å². The zero-order valence-electron chi connectivity index (χ0n) is 11.0. The molecule has 1 aromatic rings. The number of aliphatic hydroxyl groups excluding tert-OH is 1. The lowest BCUT2D eigenvalue weighted by atomic mass is 10.1. The van der Waals surface area contributed by atoms with Gasteiger partial charge in [0, 0.05) is 31.1 Å². The summed E-state index contributed by atoms with van der Waals surface area (Å²) < 4.78 is 0. The molecule has 0 aliphatic heterocycles. The fraction of sp³-hybridized carbons (Fsp3) is 0.286. The summed E-state index contributed by atoms with van der Waals surface area (Å²) in [5.74, 6) is 4.71. The zero-order valence-corrected chi connectivity index (χ0v) is 11.8. The van der Waals surface area contributed by atoms with Crippen molar-refractivity contribution in [2.45, 2.75) is 6.42 Å². The van der Waals surface area contributed by atoms with Crippen LogP contribution in [0.1, 0.15) is 22.3 Å². The van der Waals surface area contributed by atoms with Gasteiger partial charge in [0.15, 0.2) is 0 Å². The van der Waals surface area contributed by atoms with Gasteiger partial charge in [0.1, 0.15) is 6.61 Å². The summed E-state index contributed by atoms with van der Waals surface area (Å²) in [4.78, 5) is 22.8. The van der Waals surface area contributed by atoms with Crippen LogP contribution in [0.25, 0.3) is 0 Å². The number of aliphatic hydroxyl groups is 1. The highest BCUT2D eigenvalue weighted by Crippen LogP contribution is 2.16. The highest BCUT2D eigenvalue weighted by molar-refractivity contribution is 6.32. The van der Waals surface area contributed by atoms with E-state index in [1.807, 2.05) is 0 Å². The second-order valence-electron chi connectivity index (χ2n) is 3.83. The Labute approximate surface area is 122 Å². The number of halogens is 1. The number of nitrogens with one attached hydrogen (secondary N) is 2. The number of amides is 2. The molecular weight excluding hydrogens is 280 g/mol. The molecule has 0 heterocycles. The minimum atomic E-state index is -0.308. The molecule has 106 valence electrons. The first-order chi connectivity index (χ1) is 9.58. The van der Waals surface area contributed by atoms with Crippen molar-refractivity contribution in [3.05, 3.63) is 34.3 Å². The standard InChI is InChI=1S/C14H15ClN2O3/c1-16-13(19)6-7-17-14(20)11-5-4-10(3-2-8-18)12(15)9-11/h4-5,9,18H,6-8H2,1H3,(H,16,19)(H,17,20). The maximum atomic E-state index is 11.8. The molecule has 0 bridgehead atoms. The molecule has 0 aromatic heterocycles. The van der Waals surface area contributed by atoms with Crippen molar-refractivity contribution in [1.82, 2.24) is 10.6 Å². The highest BCUT2D eigenvalue weighted by Gasteiger charge is 2.08. The normalized spacial score (nSPS) is 9.35. The summed E-state index contributed by atoms with van der Waals surface area (Å²) in [6, 6.07) is 4.69. The Hall–Kier alpha value is -2.03. The first-order valence-corrected chi connectivity index (χ1v) is 6.34. The predicted molar refractivity (Wildman–Crippen MR) is 76.4 cm³/mol. The highest BCUT2D eigenvalue weighted by atomic mass is 35.5. The van der Waals surface area contributed by atoms with Crippen molar-refractivity contribution in [3.8, 4) is 11.8 Å². The molecule has 20 heavy (non-hydrogen) atoms. The third kappa shape index (κ3) is 4.92. The molecule has 6 heteroatoms. The lowest BCUT2D eigenvalue weighted by molar-refractivity contribution is -0.120. The molecule has 0 radical (unpaired) electrons. The van der Waals surface area contributed by atoms with Crippen molar-refractivity contribution in [2.75, 3.05) is 20.2 Å². The van der Waals surface area contributed by atoms with Gasteiger partial charge in [-0.25, -0.2) is 0 Å². The van der Waals surface area contributed by atoms with E-state index < -0.39 is 0 Å². The van der Waals surface area contributed by atoms with Crippen LogP contribution in [0, 0.1) is 11.8 Å². The lowest BCUT2D eigenvalue weighted by Gasteiger charge is -2.05. The molecular formula is C14H15ClN2O3. The summed E-state index contributed by atoms with van der Waals surface area (Å²) in [5.41, 5.74) is 0.934. The number of carbonyl (C=O) groups excluding carboxylic acids is 2. The molecule has 0 aliphatic rings. The Bertz CT molecular complexity index is 561. The SMILES string of the molecule is CNC(=O)CCNC(=O)c1ccc(C#CCO)c(Cl)c1. The smallest absolute Gasteiger partial charge is 0.251 e. The zero-order chi connectivity index (χ0) is 15.0. The molecule has 1 rings (SSSR count). The van der Waals surface area contributed by atoms with Crippen molar-refractivity contribution in [2.24, 2.45) is 0 Å². The van der Waals surface area contributed by atoms with Crippen LogP contribution in [0.2, 0.25) is 5.02 Å². The van der Waals surface area contributed by atoms with E-state index in [0.29, 0.717) is 16.1 Å².